The number of non-ortho nitro benzene ring substituents is 1. The molecule has 0 unspecified atom stereocenters. The van der Waals surface area contributed by atoms with Crippen molar-refractivity contribution >= 4 is 28.8 Å². The number of oxazole rings is 1. The van der Waals surface area contributed by atoms with Crippen LogP contribution in [0.4, 0.5) is 20.5 Å². The Bertz CT molecular complexity index is 1080. The molecule has 1 aromatic heterocycles. The van der Waals surface area contributed by atoms with Crippen molar-refractivity contribution in [3.63, 3.8) is 0 Å². The van der Waals surface area contributed by atoms with Crippen LogP contribution in [-0.4, -0.2) is 35.6 Å². The lowest BCUT2D eigenvalue weighted by molar-refractivity contribution is -0.384. The molecule has 0 bridgehead atoms. The highest BCUT2D eigenvalue weighted by molar-refractivity contribution is 6.03. The van der Waals surface area contributed by atoms with E-state index in [4.69, 9.17) is 9.15 Å². The summed E-state index contributed by atoms with van der Waals surface area (Å²) in [6.45, 7) is -1.68. The van der Waals surface area contributed by atoms with Crippen molar-refractivity contribution in [2.75, 3.05) is 18.0 Å². The zero-order valence-corrected chi connectivity index (χ0v) is 14.7. The third-order valence-electron chi connectivity index (χ3n) is 4.32. The van der Waals surface area contributed by atoms with Gasteiger partial charge in [0.05, 0.1) is 4.92 Å². The Morgan fingerprint density at radius 1 is 1.21 bits per heavy atom. The van der Waals surface area contributed by atoms with Gasteiger partial charge in [0.2, 0.25) is 0 Å². The number of aromatic nitrogens is 1. The van der Waals surface area contributed by atoms with E-state index in [9.17, 15) is 23.7 Å². The zero-order chi connectivity index (χ0) is 20.5. The van der Waals surface area contributed by atoms with E-state index in [1.54, 1.807) is 4.90 Å². The van der Waals surface area contributed by atoms with Crippen molar-refractivity contribution in [1.82, 2.24) is 4.98 Å². The summed E-state index contributed by atoms with van der Waals surface area (Å²) < 4.78 is 40.7. The van der Waals surface area contributed by atoms with Gasteiger partial charge in [-0.1, -0.05) is 0 Å². The highest BCUT2D eigenvalue weighted by Gasteiger charge is 2.26. The number of nitro groups is 1. The van der Waals surface area contributed by atoms with E-state index >= 15 is 0 Å². The molecule has 2 aromatic carbocycles. The lowest BCUT2D eigenvalue weighted by atomic mass is 10.2. The summed E-state index contributed by atoms with van der Waals surface area (Å²) in [7, 11) is 0. The van der Waals surface area contributed by atoms with Gasteiger partial charge in [-0.3, -0.25) is 10.1 Å². The van der Waals surface area contributed by atoms with Gasteiger partial charge in [-0.05, 0) is 30.7 Å². The molecule has 1 fully saturated rings. The van der Waals surface area contributed by atoms with E-state index in [1.807, 2.05) is 0 Å². The van der Waals surface area contributed by atoms with Gasteiger partial charge in [0.1, 0.15) is 11.3 Å². The Labute approximate surface area is 161 Å². The van der Waals surface area contributed by atoms with Crippen molar-refractivity contribution < 1.29 is 32.4 Å². The normalized spacial score (nSPS) is 13.4. The summed E-state index contributed by atoms with van der Waals surface area (Å²) in [4.78, 5) is 28.7. The molecule has 3 aromatic rings. The van der Waals surface area contributed by atoms with Gasteiger partial charge in [0.15, 0.2) is 16.8 Å². The molecule has 150 valence electrons. The summed E-state index contributed by atoms with van der Waals surface area (Å²) in [5.41, 5.74) is -0.267. The second-order valence-electron chi connectivity index (χ2n) is 6.15. The van der Waals surface area contributed by atoms with E-state index in [2.05, 4.69) is 9.72 Å². The van der Waals surface area contributed by atoms with Crippen molar-refractivity contribution in [3.05, 3.63) is 52.1 Å². The van der Waals surface area contributed by atoms with Gasteiger partial charge >= 0.3 is 12.6 Å². The van der Waals surface area contributed by atoms with Gasteiger partial charge in [-0.25, -0.2) is 4.79 Å². The number of carbonyl (C=O) groups excluding carboxylic acids is 1. The Hall–Kier alpha value is -3.76. The summed E-state index contributed by atoms with van der Waals surface area (Å²) >= 11 is 0. The van der Waals surface area contributed by atoms with Crippen LogP contribution < -0.4 is 14.4 Å². The third-order valence-corrected chi connectivity index (χ3v) is 4.32. The van der Waals surface area contributed by atoms with Crippen LogP contribution in [0.5, 0.6) is 11.5 Å². The highest BCUT2D eigenvalue weighted by Crippen LogP contribution is 2.34. The lowest BCUT2D eigenvalue weighted by Gasteiger charge is -2.28. The van der Waals surface area contributed by atoms with E-state index in [0.717, 1.165) is 6.42 Å². The minimum Gasteiger partial charge on any atom is -0.432 e. The molecule has 29 heavy (non-hydrogen) atoms. The number of halogens is 2. The number of carbonyl (C=O) groups is 1. The molecular formula is C18H13F2N3O6. The topological polar surface area (TPSA) is 108 Å². The number of nitrogens with zero attached hydrogens (tertiary/aromatic N) is 3. The maximum atomic E-state index is 12.7. The maximum Gasteiger partial charge on any atom is 0.387 e. The molecule has 2 heterocycles. The van der Waals surface area contributed by atoms with E-state index < -0.39 is 17.5 Å². The molecular weight excluding hydrogens is 392 g/mol. The number of benzene rings is 2. The van der Waals surface area contributed by atoms with Crippen LogP contribution >= 0.6 is 0 Å². The molecule has 0 atom stereocenters. The predicted octanol–water partition coefficient (Wildman–Crippen LogP) is 3.77. The first-order chi connectivity index (χ1) is 13.9. The van der Waals surface area contributed by atoms with Crippen molar-refractivity contribution in [3.8, 4) is 11.5 Å². The minimum atomic E-state index is -3.07. The molecule has 0 radical (unpaired) electrons. The van der Waals surface area contributed by atoms with Gasteiger partial charge in [0, 0.05) is 25.2 Å². The number of hydrogen-bond donors (Lipinski definition) is 0. The van der Waals surface area contributed by atoms with Gasteiger partial charge in [-0.2, -0.15) is 13.8 Å². The van der Waals surface area contributed by atoms with E-state index in [-0.39, 0.29) is 39.9 Å². The summed E-state index contributed by atoms with van der Waals surface area (Å²) in [6, 6.07) is 7.53. The summed E-state index contributed by atoms with van der Waals surface area (Å²) in [5.74, 6) is -0.986. The van der Waals surface area contributed by atoms with Gasteiger partial charge in [0.25, 0.3) is 11.7 Å². The number of ether oxygens (including phenoxy) is 2. The first kappa shape index (κ1) is 18.6. The molecule has 11 heteroatoms. The van der Waals surface area contributed by atoms with Gasteiger partial charge < -0.3 is 18.8 Å². The first-order valence-corrected chi connectivity index (χ1v) is 8.52. The Balaban J connectivity index is 1.67. The van der Waals surface area contributed by atoms with Crippen LogP contribution in [0.1, 0.15) is 16.8 Å². The second kappa shape index (κ2) is 7.34. The Kier molecular flexibility index (Phi) is 4.71. The zero-order valence-electron chi connectivity index (χ0n) is 14.7. The van der Waals surface area contributed by atoms with E-state index in [1.165, 1.54) is 36.4 Å². The van der Waals surface area contributed by atoms with Crippen LogP contribution in [0.2, 0.25) is 0 Å². The monoisotopic (exact) mass is 405 g/mol. The summed E-state index contributed by atoms with van der Waals surface area (Å²) in [6.07, 6.45) is 0.939. The largest absolute Gasteiger partial charge is 0.432 e. The SMILES string of the molecule is O=C(Oc1ccc([N+](=O)[O-])cc1)c1ccc(OC(F)F)c2nc(N3CCC3)oc12. The number of rotatable bonds is 6. The molecule has 9 nitrogen and oxygen atoms in total. The Morgan fingerprint density at radius 3 is 2.52 bits per heavy atom. The smallest absolute Gasteiger partial charge is 0.387 e. The second-order valence-corrected chi connectivity index (χ2v) is 6.15. The lowest BCUT2D eigenvalue weighted by Crippen LogP contribution is -2.37. The molecule has 0 aliphatic carbocycles. The number of anilines is 1. The quantitative estimate of drug-likeness (QED) is 0.264. The maximum absolute atomic E-state index is 12.7. The third kappa shape index (κ3) is 3.66. The standard InChI is InChI=1S/C18H13F2N3O6/c19-17(20)28-13-7-6-12(15-14(13)21-18(29-15)22-8-1-9-22)16(24)27-11-4-2-10(3-5-11)23(25)26/h2-7,17H,1,8-9H2. The van der Waals surface area contributed by atoms with Crippen LogP contribution in [0, 0.1) is 10.1 Å². The number of alkyl halides is 2. The average molecular weight is 405 g/mol. The predicted molar refractivity (Wildman–Crippen MR) is 95.5 cm³/mol. The molecule has 0 saturated carbocycles. The van der Waals surface area contributed by atoms with Crippen LogP contribution in [-0.2, 0) is 0 Å². The minimum absolute atomic E-state index is 0.0228. The molecule has 0 spiro atoms. The summed E-state index contributed by atoms with van der Waals surface area (Å²) in [5, 5.41) is 10.7. The van der Waals surface area contributed by atoms with Crippen LogP contribution in [0.15, 0.2) is 40.8 Å². The molecule has 1 aliphatic heterocycles. The van der Waals surface area contributed by atoms with E-state index in [0.29, 0.717) is 13.1 Å². The Morgan fingerprint density at radius 2 is 1.93 bits per heavy atom. The molecule has 0 N–H and O–H groups in total. The van der Waals surface area contributed by atoms with Gasteiger partial charge in [-0.15, -0.1) is 0 Å². The molecule has 1 saturated heterocycles. The number of hydrogen-bond acceptors (Lipinski definition) is 8. The van der Waals surface area contributed by atoms with Crippen molar-refractivity contribution in [2.24, 2.45) is 0 Å². The first-order valence-electron chi connectivity index (χ1n) is 8.52. The fourth-order valence-corrected chi connectivity index (χ4v) is 2.76. The average Bonchev–Trinajstić information content (AvgIpc) is 3.05. The van der Waals surface area contributed by atoms with Crippen molar-refractivity contribution in [2.45, 2.75) is 13.0 Å². The number of nitro benzene ring substituents is 1. The molecule has 4 rings (SSSR count). The van der Waals surface area contributed by atoms with Crippen LogP contribution in [0.25, 0.3) is 11.1 Å². The number of fused-ring (bicyclic) bond motifs is 1. The fourth-order valence-electron chi connectivity index (χ4n) is 2.76. The number of esters is 1. The van der Waals surface area contributed by atoms with Crippen molar-refractivity contribution in [1.29, 1.82) is 0 Å². The van der Waals surface area contributed by atoms with Crippen LogP contribution in [0.3, 0.4) is 0 Å². The molecule has 1 aliphatic rings. The molecule has 0 amide bonds. The highest BCUT2D eigenvalue weighted by atomic mass is 19.3. The fraction of sp³-hybridized carbons (Fsp3) is 0.222.